The molecule has 2 N–H and O–H groups in total. The Morgan fingerprint density at radius 2 is 1.82 bits per heavy atom. The van der Waals surface area contributed by atoms with Crippen molar-refractivity contribution in [1.82, 2.24) is 30.3 Å². The molecule has 8 nitrogen and oxygen atoms in total. The first-order chi connectivity index (χ1) is 16.2. The van der Waals surface area contributed by atoms with Gasteiger partial charge in [0.2, 0.25) is 0 Å². The second kappa shape index (κ2) is 11.5. The number of likely N-dealkylation sites (N-methyl/N-ethyl adjacent to an activating group) is 1. The summed E-state index contributed by atoms with van der Waals surface area (Å²) in [6, 6.07) is 14.6. The average Bonchev–Trinajstić information content (AvgIpc) is 3.39. The molecule has 0 atom stereocenters. The summed E-state index contributed by atoms with van der Waals surface area (Å²) in [5.74, 6) is 1.89. The molecule has 33 heavy (non-hydrogen) atoms. The van der Waals surface area contributed by atoms with Crippen molar-refractivity contribution in [2.24, 2.45) is 4.99 Å². The van der Waals surface area contributed by atoms with Crippen LogP contribution < -0.4 is 15.5 Å². The minimum Gasteiger partial charge on any atom is -0.357 e. The standard InChI is InChI=1S/C25H34N8/c1-3-26-25(28-14-11-21-7-9-23(10-8-21)33-15-5-13-30-33)29-20-22-6-4-12-27-24(22)32-18-16-31(2)17-19-32/h4-10,12-13,15H,3,11,14,16-20H2,1-2H3,(H2,26,28,29). The number of nitrogens with zero attached hydrogens (tertiary/aromatic N) is 6. The molecule has 0 spiro atoms. The predicted octanol–water partition coefficient (Wildman–Crippen LogP) is 2.32. The zero-order chi connectivity index (χ0) is 22.9. The highest BCUT2D eigenvalue weighted by Gasteiger charge is 2.17. The minimum atomic E-state index is 0.601. The molecular formula is C25H34N8. The summed E-state index contributed by atoms with van der Waals surface area (Å²) in [4.78, 5) is 14.2. The van der Waals surface area contributed by atoms with Gasteiger partial charge in [0.15, 0.2) is 5.96 Å². The van der Waals surface area contributed by atoms with Crippen LogP contribution in [0.2, 0.25) is 0 Å². The number of pyridine rings is 1. The van der Waals surface area contributed by atoms with Gasteiger partial charge in [-0.3, -0.25) is 0 Å². The lowest BCUT2D eigenvalue weighted by atomic mass is 10.1. The van der Waals surface area contributed by atoms with Gasteiger partial charge in [-0.2, -0.15) is 5.10 Å². The topological polar surface area (TPSA) is 73.6 Å². The Morgan fingerprint density at radius 1 is 1.00 bits per heavy atom. The highest BCUT2D eigenvalue weighted by atomic mass is 15.3. The monoisotopic (exact) mass is 446 g/mol. The quantitative estimate of drug-likeness (QED) is 0.409. The van der Waals surface area contributed by atoms with Gasteiger partial charge in [0.25, 0.3) is 0 Å². The third kappa shape index (κ3) is 6.32. The van der Waals surface area contributed by atoms with Crippen molar-refractivity contribution in [1.29, 1.82) is 0 Å². The van der Waals surface area contributed by atoms with Gasteiger partial charge in [-0.15, -0.1) is 0 Å². The Kier molecular flexibility index (Phi) is 7.92. The molecule has 174 valence electrons. The van der Waals surface area contributed by atoms with E-state index in [2.05, 4.69) is 74.8 Å². The van der Waals surface area contributed by atoms with Gasteiger partial charge in [0.1, 0.15) is 5.82 Å². The number of anilines is 1. The van der Waals surface area contributed by atoms with Crippen LogP contribution in [-0.2, 0) is 13.0 Å². The van der Waals surface area contributed by atoms with E-state index >= 15 is 0 Å². The normalized spacial score (nSPS) is 15.0. The maximum atomic E-state index is 4.84. The maximum Gasteiger partial charge on any atom is 0.191 e. The number of aromatic nitrogens is 3. The van der Waals surface area contributed by atoms with E-state index in [4.69, 9.17) is 4.99 Å². The number of hydrogen-bond acceptors (Lipinski definition) is 5. The summed E-state index contributed by atoms with van der Waals surface area (Å²) in [6.45, 7) is 8.45. The van der Waals surface area contributed by atoms with Crippen LogP contribution in [-0.4, -0.2) is 71.9 Å². The van der Waals surface area contributed by atoms with Gasteiger partial charge in [0.05, 0.1) is 12.2 Å². The number of nitrogens with one attached hydrogen (secondary N) is 2. The Hall–Kier alpha value is -3.39. The van der Waals surface area contributed by atoms with Gasteiger partial charge < -0.3 is 20.4 Å². The van der Waals surface area contributed by atoms with E-state index < -0.39 is 0 Å². The Morgan fingerprint density at radius 3 is 2.55 bits per heavy atom. The zero-order valence-electron chi connectivity index (χ0n) is 19.6. The fourth-order valence-corrected chi connectivity index (χ4v) is 3.92. The van der Waals surface area contributed by atoms with Crippen LogP contribution in [0.15, 0.2) is 66.0 Å². The number of rotatable bonds is 8. The van der Waals surface area contributed by atoms with Crippen molar-refractivity contribution in [3.05, 3.63) is 72.2 Å². The van der Waals surface area contributed by atoms with Gasteiger partial charge in [-0.1, -0.05) is 18.2 Å². The van der Waals surface area contributed by atoms with Crippen molar-refractivity contribution in [3.63, 3.8) is 0 Å². The SMILES string of the molecule is CCNC(=NCc1cccnc1N1CCN(C)CC1)NCCc1ccc(-n2cccn2)cc1. The molecule has 1 aromatic carbocycles. The first kappa shape index (κ1) is 22.8. The molecule has 0 aliphatic carbocycles. The van der Waals surface area contributed by atoms with Crippen LogP contribution in [0.25, 0.3) is 5.69 Å². The molecule has 0 saturated carbocycles. The van der Waals surface area contributed by atoms with Gasteiger partial charge in [-0.25, -0.2) is 14.7 Å². The molecule has 3 heterocycles. The lowest BCUT2D eigenvalue weighted by Crippen LogP contribution is -2.45. The Bertz CT molecular complexity index is 1010. The first-order valence-electron chi connectivity index (χ1n) is 11.7. The molecule has 1 fully saturated rings. The molecule has 2 aromatic heterocycles. The van der Waals surface area contributed by atoms with Crippen LogP contribution in [0.3, 0.4) is 0 Å². The van der Waals surface area contributed by atoms with Gasteiger partial charge in [-0.05, 0) is 50.2 Å². The first-order valence-corrected chi connectivity index (χ1v) is 11.7. The van der Waals surface area contributed by atoms with Crippen molar-refractivity contribution < 1.29 is 0 Å². The molecule has 1 aliphatic rings. The average molecular weight is 447 g/mol. The number of aliphatic imine (C=N–C) groups is 1. The Balaban J connectivity index is 1.33. The number of benzene rings is 1. The number of hydrogen-bond donors (Lipinski definition) is 2. The van der Waals surface area contributed by atoms with E-state index in [1.165, 1.54) is 5.56 Å². The highest BCUT2D eigenvalue weighted by molar-refractivity contribution is 5.79. The lowest BCUT2D eigenvalue weighted by Gasteiger charge is -2.34. The van der Waals surface area contributed by atoms with Crippen molar-refractivity contribution >= 4 is 11.8 Å². The van der Waals surface area contributed by atoms with Crippen molar-refractivity contribution in [2.75, 3.05) is 51.2 Å². The van der Waals surface area contributed by atoms with E-state index in [0.717, 1.165) is 68.7 Å². The largest absolute Gasteiger partial charge is 0.357 e. The summed E-state index contributed by atoms with van der Waals surface area (Å²) in [5.41, 5.74) is 3.51. The Labute approximate surface area is 196 Å². The van der Waals surface area contributed by atoms with Crippen molar-refractivity contribution in [3.8, 4) is 5.69 Å². The van der Waals surface area contributed by atoms with Crippen LogP contribution in [0.1, 0.15) is 18.1 Å². The van der Waals surface area contributed by atoms with E-state index in [1.807, 2.05) is 29.2 Å². The second-order valence-electron chi connectivity index (χ2n) is 8.27. The van der Waals surface area contributed by atoms with E-state index in [1.54, 1.807) is 6.20 Å². The summed E-state index contributed by atoms with van der Waals surface area (Å²) in [6.07, 6.45) is 6.54. The number of piperazine rings is 1. The molecule has 3 aromatic rings. The second-order valence-corrected chi connectivity index (χ2v) is 8.27. The summed E-state index contributed by atoms with van der Waals surface area (Å²) in [5, 5.41) is 11.1. The predicted molar refractivity (Wildman–Crippen MR) is 134 cm³/mol. The minimum absolute atomic E-state index is 0.601. The van der Waals surface area contributed by atoms with Crippen LogP contribution in [0.5, 0.6) is 0 Å². The van der Waals surface area contributed by atoms with Gasteiger partial charge >= 0.3 is 0 Å². The molecule has 0 radical (unpaired) electrons. The summed E-state index contributed by atoms with van der Waals surface area (Å²) < 4.78 is 1.87. The zero-order valence-corrected chi connectivity index (χ0v) is 19.6. The molecule has 1 saturated heterocycles. The lowest BCUT2D eigenvalue weighted by molar-refractivity contribution is 0.312. The molecule has 0 unspecified atom stereocenters. The van der Waals surface area contributed by atoms with E-state index in [0.29, 0.717) is 6.54 Å². The summed E-state index contributed by atoms with van der Waals surface area (Å²) in [7, 11) is 2.17. The number of guanidine groups is 1. The van der Waals surface area contributed by atoms with Crippen molar-refractivity contribution in [2.45, 2.75) is 19.9 Å². The van der Waals surface area contributed by atoms with Crippen LogP contribution >= 0.6 is 0 Å². The maximum absolute atomic E-state index is 4.84. The third-order valence-corrected chi connectivity index (χ3v) is 5.83. The third-order valence-electron chi connectivity index (χ3n) is 5.83. The molecule has 4 rings (SSSR count). The van der Waals surface area contributed by atoms with Gasteiger partial charge in [0, 0.05) is 63.4 Å². The van der Waals surface area contributed by atoms with E-state index in [-0.39, 0.29) is 0 Å². The molecule has 0 amide bonds. The molecule has 1 aliphatic heterocycles. The smallest absolute Gasteiger partial charge is 0.191 e. The van der Waals surface area contributed by atoms with Crippen LogP contribution in [0.4, 0.5) is 5.82 Å². The molecule has 0 bridgehead atoms. The molecular weight excluding hydrogens is 412 g/mol. The highest BCUT2D eigenvalue weighted by Crippen LogP contribution is 2.19. The summed E-state index contributed by atoms with van der Waals surface area (Å²) >= 11 is 0. The van der Waals surface area contributed by atoms with E-state index in [9.17, 15) is 0 Å². The fourth-order valence-electron chi connectivity index (χ4n) is 3.92. The van der Waals surface area contributed by atoms with Crippen LogP contribution in [0, 0.1) is 0 Å². The fraction of sp³-hybridized carbons (Fsp3) is 0.400. The molecule has 8 heteroatoms.